The zero-order valence-corrected chi connectivity index (χ0v) is 16.6. The molecule has 7 heteroatoms. The Labute approximate surface area is 174 Å². The standard InChI is InChI=1S/C23H24N2O5/c26-22(10-8-18-6-5-13-28-18)24-19(23(27)25-11-3-1-2-4-12-25)14-17-7-9-20-21(15-17)30-16-29-20/h5-10,13-15H,1-4,11-12,16H2,(H,24,26). The van der Waals surface area contributed by atoms with Crippen LogP contribution >= 0.6 is 0 Å². The van der Waals surface area contributed by atoms with Crippen molar-refractivity contribution < 1.29 is 23.5 Å². The summed E-state index contributed by atoms with van der Waals surface area (Å²) in [4.78, 5) is 27.5. The largest absolute Gasteiger partial charge is 0.465 e. The van der Waals surface area contributed by atoms with Crippen LogP contribution in [-0.4, -0.2) is 36.6 Å². The minimum Gasteiger partial charge on any atom is -0.465 e. The lowest BCUT2D eigenvalue weighted by atomic mass is 10.1. The predicted molar refractivity (Wildman–Crippen MR) is 111 cm³/mol. The molecular weight excluding hydrogens is 384 g/mol. The van der Waals surface area contributed by atoms with Crippen LogP contribution in [0.25, 0.3) is 12.2 Å². The van der Waals surface area contributed by atoms with Crippen molar-refractivity contribution in [3.8, 4) is 11.5 Å². The normalized spacial score (nSPS) is 16.5. The van der Waals surface area contributed by atoms with Crippen molar-refractivity contribution in [1.29, 1.82) is 0 Å². The van der Waals surface area contributed by atoms with E-state index in [1.165, 1.54) is 12.3 Å². The van der Waals surface area contributed by atoms with Crippen LogP contribution in [0.5, 0.6) is 11.5 Å². The number of hydrogen-bond donors (Lipinski definition) is 1. The maximum Gasteiger partial charge on any atom is 0.270 e. The van der Waals surface area contributed by atoms with Gasteiger partial charge >= 0.3 is 0 Å². The summed E-state index contributed by atoms with van der Waals surface area (Å²) in [7, 11) is 0. The lowest BCUT2D eigenvalue weighted by Gasteiger charge is -2.22. The summed E-state index contributed by atoms with van der Waals surface area (Å²) in [6.45, 7) is 1.56. The summed E-state index contributed by atoms with van der Waals surface area (Å²) < 4.78 is 16.0. The average Bonchev–Trinajstić information content (AvgIpc) is 3.37. The van der Waals surface area contributed by atoms with Gasteiger partial charge in [-0.05, 0) is 54.8 Å². The van der Waals surface area contributed by atoms with Crippen molar-refractivity contribution in [3.63, 3.8) is 0 Å². The van der Waals surface area contributed by atoms with Crippen LogP contribution in [0.1, 0.15) is 37.0 Å². The molecule has 2 amide bonds. The highest BCUT2D eigenvalue weighted by molar-refractivity contribution is 6.04. The van der Waals surface area contributed by atoms with Crippen molar-refractivity contribution in [3.05, 3.63) is 59.7 Å². The molecule has 0 unspecified atom stereocenters. The molecule has 30 heavy (non-hydrogen) atoms. The molecule has 0 bridgehead atoms. The molecule has 2 aliphatic rings. The molecule has 4 rings (SSSR count). The minimum atomic E-state index is -0.401. The van der Waals surface area contributed by atoms with Crippen LogP contribution in [0, 0.1) is 0 Å². The number of nitrogens with one attached hydrogen (secondary N) is 1. The molecule has 1 aromatic carbocycles. The summed E-state index contributed by atoms with van der Waals surface area (Å²) in [6.07, 6.45) is 10.3. The van der Waals surface area contributed by atoms with E-state index in [2.05, 4.69) is 5.32 Å². The van der Waals surface area contributed by atoms with Crippen LogP contribution in [0.4, 0.5) is 0 Å². The predicted octanol–water partition coefficient (Wildman–Crippen LogP) is 3.58. The fourth-order valence-corrected chi connectivity index (χ4v) is 3.48. The van der Waals surface area contributed by atoms with Gasteiger partial charge in [-0.3, -0.25) is 9.59 Å². The average molecular weight is 408 g/mol. The smallest absolute Gasteiger partial charge is 0.270 e. The number of likely N-dealkylation sites (tertiary alicyclic amines) is 1. The molecule has 0 spiro atoms. The second kappa shape index (κ2) is 9.35. The number of nitrogens with zero attached hydrogens (tertiary/aromatic N) is 1. The van der Waals surface area contributed by atoms with E-state index < -0.39 is 5.91 Å². The Kier molecular flexibility index (Phi) is 6.17. The number of carbonyl (C=O) groups is 2. The maximum absolute atomic E-state index is 13.2. The first-order chi connectivity index (χ1) is 14.7. The number of benzene rings is 1. The van der Waals surface area contributed by atoms with Gasteiger partial charge in [0.05, 0.1) is 6.26 Å². The molecule has 3 heterocycles. The molecular formula is C23H24N2O5. The van der Waals surface area contributed by atoms with Crippen LogP contribution in [0.15, 0.2) is 52.8 Å². The highest BCUT2D eigenvalue weighted by Gasteiger charge is 2.21. The van der Waals surface area contributed by atoms with Gasteiger partial charge in [-0.1, -0.05) is 18.9 Å². The summed E-state index contributed by atoms with van der Waals surface area (Å²) in [5, 5.41) is 2.74. The SMILES string of the molecule is O=C(C=Cc1ccco1)NC(=Cc1ccc2c(c1)OCO2)C(=O)N1CCCCCC1. The molecule has 2 aromatic rings. The van der Waals surface area contributed by atoms with E-state index in [0.717, 1.165) is 31.2 Å². The molecule has 0 saturated carbocycles. The molecule has 0 atom stereocenters. The number of furan rings is 1. The second-order valence-corrected chi connectivity index (χ2v) is 7.22. The Hall–Kier alpha value is -3.48. The maximum atomic E-state index is 13.2. The number of rotatable bonds is 5. The number of fused-ring (bicyclic) bond motifs is 1. The van der Waals surface area contributed by atoms with E-state index in [1.54, 1.807) is 36.4 Å². The van der Waals surface area contributed by atoms with E-state index in [9.17, 15) is 9.59 Å². The summed E-state index contributed by atoms with van der Waals surface area (Å²) in [5.41, 5.74) is 0.970. The highest BCUT2D eigenvalue weighted by atomic mass is 16.7. The fraction of sp³-hybridized carbons (Fsp3) is 0.304. The van der Waals surface area contributed by atoms with Crippen molar-refractivity contribution >= 4 is 24.0 Å². The van der Waals surface area contributed by atoms with Gasteiger partial charge in [-0.15, -0.1) is 0 Å². The van der Waals surface area contributed by atoms with Gasteiger partial charge in [0.1, 0.15) is 11.5 Å². The molecule has 1 N–H and O–H groups in total. The Morgan fingerprint density at radius 2 is 1.80 bits per heavy atom. The molecule has 7 nitrogen and oxygen atoms in total. The van der Waals surface area contributed by atoms with Gasteiger partial charge in [0.25, 0.3) is 5.91 Å². The molecule has 0 radical (unpaired) electrons. The third-order valence-corrected chi connectivity index (χ3v) is 5.03. The first-order valence-electron chi connectivity index (χ1n) is 10.1. The summed E-state index contributed by atoms with van der Waals surface area (Å²) in [6, 6.07) is 8.90. The van der Waals surface area contributed by atoms with Gasteiger partial charge in [0.15, 0.2) is 11.5 Å². The highest BCUT2D eigenvalue weighted by Crippen LogP contribution is 2.33. The number of amides is 2. The Morgan fingerprint density at radius 1 is 1.00 bits per heavy atom. The van der Waals surface area contributed by atoms with E-state index >= 15 is 0 Å². The summed E-state index contributed by atoms with van der Waals surface area (Å²) in [5.74, 6) is 1.26. The Bertz CT molecular complexity index is 954. The lowest BCUT2D eigenvalue weighted by Crippen LogP contribution is -2.38. The van der Waals surface area contributed by atoms with Crippen LogP contribution in [0.3, 0.4) is 0 Å². The Morgan fingerprint density at radius 3 is 2.57 bits per heavy atom. The lowest BCUT2D eigenvalue weighted by molar-refractivity contribution is -0.128. The topological polar surface area (TPSA) is 81.0 Å². The van der Waals surface area contributed by atoms with Gasteiger partial charge in [0.2, 0.25) is 12.7 Å². The molecule has 0 aliphatic carbocycles. The van der Waals surface area contributed by atoms with Crippen molar-refractivity contribution in [2.75, 3.05) is 19.9 Å². The van der Waals surface area contributed by atoms with E-state index in [1.807, 2.05) is 11.0 Å². The minimum absolute atomic E-state index is 0.177. The molecule has 156 valence electrons. The fourth-order valence-electron chi connectivity index (χ4n) is 3.48. The monoisotopic (exact) mass is 408 g/mol. The summed E-state index contributed by atoms with van der Waals surface area (Å²) >= 11 is 0. The molecule has 2 aliphatic heterocycles. The van der Waals surface area contributed by atoms with Gasteiger partial charge < -0.3 is 24.1 Å². The van der Waals surface area contributed by atoms with Crippen LogP contribution in [-0.2, 0) is 9.59 Å². The van der Waals surface area contributed by atoms with E-state index in [0.29, 0.717) is 30.3 Å². The zero-order chi connectivity index (χ0) is 20.8. The van der Waals surface area contributed by atoms with Crippen LogP contribution in [0.2, 0.25) is 0 Å². The molecule has 1 aromatic heterocycles. The Balaban J connectivity index is 1.56. The van der Waals surface area contributed by atoms with E-state index in [4.69, 9.17) is 13.9 Å². The van der Waals surface area contributed by atoms with Gasteiger partial charge in [0, 0.05) is 19.2 Å². The van der Waals surface area contributed by atoms with Crippen LogP contribution < -0.4 is 14.8 Å². The number of carbonyl (C=O) groups excluding carboxylic acids is 2. The van der Waals surface area contributed by atoms with E-state index in [-0.39, 0.29) is 18.4 Å². The van der Waals surface area contributed by atoms with Crippen molar-refractivity contribution in [2.45, 2.75) is 25.7 Å². The second-order valence-electron chi connectivity index (χ2n) is 7.22. The van der Waals surface area contributed by atoms with Gasteiger partial charge in [-0.2, -0.15) is 0 Å². The first-order valence-corrected chi connectivity index (χ1v) is 10.1. The quantitative estimate of drug-likeness (QED) is 0.765. The third kappa shape index (κ3) is 4.92. The molecule has 1 fully saturated rings. The first kappa shape index (κ1) is 19.8. The van der Waals surface area contributed by atoms with Gasteiger partial charge in [-0.25, -0.2) is 0 Å². The number of hydrogen-bond acceptors (Lipinski definition) is 5. The number of ether oxygens (including phenoxy) is 2. The third-order valence-electron chi connectivity index (χ3n) is 5.03. The van der Waals surface area contributed by atoms with Crippen molar-refractivity contribution in [1.82, 2.24) is 10.2 Å². The molecule has 1 saturated heterocycles. The zero-order valence-electron chi connectivity index (χ0n) is 16.6. The van der Waals surface area contributed by atoms with Crippen molar-refractivity contribution in [2.24, 2.45) is 0 Å².